The van der Waals surface area contributed by atoms with Gasteiger partial charge in [-0.05, 0) is 49.5 Å². The van der Waals surface area contributed by atoms with Crippen LogP contribution < -0.4 is 10.1 Å². The van der Waals surface area contributed by atoms with Crippen molar-refractivity contribution in [1.82, 2.24) is 5.32 Å². The van der Waals surface area contributed by atoms with Gasteiger partial charge in [-0.25, -0.2) is 0 Å². The van der Waals surface area contributed by atoms with Gasteiger partial charge < -0.3 is 10.1 Å². The minimum Gasteiger partial charge on any atom is -0.494 e. The Kier molecular flexibility index (Phi) is 6.71. The topological polar surface area (TPSA) is 21.3 Å². The second-order valence-corrected chi connectivity index (χ2v) is 4.84. The van der Waals surface area contributed by atoms with Crippen molar-refractivity contribution in [3.05, 3.63) is 29.8 Å². The highest BCUT2D eigenvalue weighted by Gasteiger charge is 1.98. The van der Waals surface area contributed by atoms with E-state index in [2.05, 4.69) is 44.3 Å². The molecule has 0 aliphatic rings. The van der Waals surface area contributed by atoms with Gasteiger partial charge in [0.25, 0.3) is 0 Å². The zero-order valence-electron chi connectivity index (χ0n) is 11.3. The van der Waals surface area contributed by atoms with E-state index in [-0.39, 0.29) is 0 Å². The zero-order valence-corrected chi connectivity index (χ0v) is 11.3. The van der Waals surface area contributed by atoms with Crippen molar-refractivity contribution in [2.24, 2.45) is 5.92 Å². The largest absolute Gasteiger partial charge is 0.494 e. The average Bonchev–Trinajstić information content (AvgIpc) is 2.32. The molecular weight excluding hydrogens is 210 g/mol. The standard InChI is InChI=1S/C15H25NO/c1-4-10-17-15-7-5-6-14(11-15)8-9-16-12-13(2)3/h5-7,11,13,16H,4,8-10,12H2,1-3H3. The molecule has 1 rings (SSSR count). The van der Waals surface area contributed by atoms with Gasteiger partial charge in [-0.1, -0.05) is 32.9 Å². The van der Waals surface area contributed by atoms with Crippen molar-refractivity contribution in [3.8, 4) is 5.75 Å². The van der Waals surface area contributed by atoms with Crippen LogP contribution in [0.1, 0.15) is 32.8 Å². The number of benzene rings is 1. The van der Waals surface area contributed by atoms with Gasteiger partial charge in [0.2, 0.25) is 0 Å². The molecule has 96 valence electrons. The van der Waals surface area contributed by atoms with Gasteiger partial charge in [0.1, 0.15) is 5.75 Å². The third kappa shape index (κ3) is 6.32. The summed E-state index contributed by atoms with van der Waals surface area (Å²) in [6.07, 6.45) is 2.12. The summed E-state index contributed by atoms with van der Waals surface area (Å²) in [5.41, 5.74) is 1.34. The third-order valence-corrected chi connectivity index (χ3v) is 2.51. The summed E-state index contributed by atoms with van der Waals surface area (Å²) in [5, 5.41) is 3.46. The smallest absolute Gasteiger partial charge is 0.119 e. The molecule has 17 heavy (non-hydrogen) atoms. The molecule has 0 fully saturated rings. The molecule has 1 N–H and O–H groups in total. The van der Waals surface area contributed by atoms with Gasteiger partial charge in [-0.3, -0.25) is 0 Å². The molecule has 2 heteroatoms. The first-order valence-corrected chi connectivity index (χ1v) is 6.64. The van der Waals surface area contributed by atoms with Crippen molar-refractivity contribution in [1.29, 1.82) is 0 Å². The molecule has 1 aromatic carbocycles. The Hall–Kier alpha value is -1.02. The van der Waals surface area contributed by atoms with E-state index in [0.29, 0.717) is 5.92 Å². The van der Waals surface area contributed by atoms with E-state index in [1.54, 1.807) is 0 Å². The lowest BCUT2D eigenvalue weighted by atomic mass is 10.1. The van der Waals surface area contributed by atoms with Crippen LogP contribution in [0.25, 0.3) is 0 Å². The van der Waals surface area contributed by atoms with Crippen LogP contribution in [-0.2, 0) is 6.42 Å². The highest BCUT2D eigenvalue weighted by atomic mass is 16.5. The normalized spacial score (nSPS) is 10.8. The van der Waals surface area contributed by atoms with Crippen molar-refractivity contribution in [3.63, 3.8) is 0 Å². The first kappa shape index (κ1) is 14.0. The van der Waals surface area contributed by atoms with Crippen LogP contribution in [-0.4, -0.2) is 19.7 Å². The maximum absolute atomic E-state index is 5.62. The van der Waals surface area contributed by atoms with E-state index < -0.39 is 0 Å². The number of hydrogen-bond donors (Lipinski definition) is 1. The summed E-state index contributed by atoms with van der Waals surface area (Å²) in [5.74, 6) is 1.71. The second-order valence-electron chi connectivity index (χ2n) is 4.84. The maximum atomic E-state index is 5.62. The summed E-state index contributed by atoms with van der Waals surface area (Å²) in [4.78, 5) is 0. The number of ether oxygens (including phenoxy) is 1. The van der Waals surface area contributed by atoms with E-state index >= 15 is 0 Å². The summed E-state index contributed by atoms with van der Waals surface area (Å²) in [7, 11) is 0. The minimum atomic E-state index is 0.717. The van der Waals surface area contributed by atoms with Gasteiger partial charge in [0, 0.05) is 0 Å². The molecule has 0 bridgehead atoms. The average molecular weight is 235 g/mol. The van der Waals surface area contributed by atoms with Crippen LogP contribution in [0, 0.1) is 5.92 Å². The number of rotatable bonds is 8. The van der Waals surface area contributed by atoms with Gasteiger partial charge in [-0.15, -0.1) is 0 Å². The lowest BCUT2D eigenvalue weighted by Gasteiger charge is -2.09. The van der Waals surface area contributed by atoms with Crippen LogP contribution in [0.4, 0.5) is 0 Å². The Labute approximate surface area is 105 Å². The molecule has 0 unspecified atom stereocenters. The van der Waals surface area contributed by atoms with Gasteiger partial charge in [0.15, 0.2) is 0 Å². The van der Waals surface area contributed by atoms with E-state index in [0.717, 1.165) is 38.3 Å². The lowest BCUT2D eigenvalue weighted by molar-refractivity contribution is 0.317. The predicted molar refractivity (Wildman–Crippen MR) is 73.6 cm³/mol. The van der Waals surface area contributed by atoms with E-state index in [1.807, 2.05) is 6.07 Å². The van der Waals surface area contributed by atoms with Crippen molar-refractivity contribution < 1.29 is 4.74 Å². The van der Waals surface area contributed by atoms with Crippen molar-refractivity contribution in [2.45, 2.75) is 33.6 Å². The van der Waals surface area contributed by atoms with Gasteiger partial charge >= 0.3 is 0 Å². The van der Waals surface area contributed by atoms with Gasteiger partial charge in [0.05, 0.1) is 6.61 Å². The van der Waals surface area contributed by atoms with Crippen LogP contribution in [0.3, 0.4) is 0 Å². The Bertz CT molecular complexity index is 310. The fourth-order valence-corrected chi connectivity index (χ4v) is 1.63. The molecule has 0 heterocycles. The fourth-order valence-electron chi connectivity index (χ4n) is 1.63. The fraction of sp³-hybridized carbons (Fsp3) is 0.600. The predicted octanol–water partition coefficient (Wildman–Crippen LogP) is 3.26. The molecule has 0 amide bonds. The van der Waals surface area contributed by atoms with E-state index in [1.165, 1.54) is 5.56 Å². The zero-order chi connectivity index (χ0) is 12.5. The quantitative estimate of drug-likeness (QED) is 0.698. The lowest BCUT2D eigenvalue weighted by Crippen LogP contribution is -2.22. The SMILES string of the molecule is CCCOc1cccc(CCNCC(C)C)c1. The Morgan fingerprint density at radius 1 is 1.29 bits per heavy atom. The van der Waals surface area contributed by atoms with Crippen LogP contribution in [0.15, 0.2) is 24.3 Å². The molecule has 1 aromatic rings. The summed E-state index contributed by atoms with van der Waals surface area (Å²) in [6.45, 7) is 9.51. The highest BCUT2D eigenvalue weighted by molar-refractivity contribution is 5.28. The Morgan fingerprint density at radius 2 is 2.12 bits per heavy atom. The molecule has 0 aliphatic carbocycles. The molecule has 0 saturated heterocycles. The van der Waals surface area contributed by atoms with Gasteiger partial charge in [-0.2, -0.15) is 0 Å². The van der Waals surface area contributed by atoms with Crippen LogP contribution >= 0.6 is 0 Å². The van der Waals surface area contributed by atoms with Crippen molar-refractivity contribution in [2.75, 3.05) is 19.7 Å². The third-order valence-electron chi connectivity index (χ3n) is 2.51. The summed E-state index contributed by atoms with van der Waals surface area (Å²) < 4.78 is 5.62. The Morgan fingerprint density at radius 3 is 2.82 bits per heavy atom. The molecule has 0 atom stereocenters. The first-order valence-electron chi connectivity index (χ1n) is 6.64. The monoisotopic (exact) mass is 235 g/mol. The minimum absolute atomic E-state index is 0.717. The number of hydrogen-bond acceptors (Lipinski definition) is 2. The number of nitrogens with one attached hydrogen (secondary N) is 1. The Balaban J connectivity index is 2.32. The highest BCUT2D eigenvalue weighted by Crippen LogP contribution is 2.13. The van der Waals surface area contributed by atoms with Crippen LogP contribution in [0.5, 0.6) is 5.75 Å². The summed E-state index contributed by atoms with van der Waals surface area (Å²) in [6, 6.07) is 8.41. The van der Waals surface area contributed by atoms with Crippen molar-refractivity contribution >= 4 is 0 Å². The molecule has 2 nitrogen and oxygen atoms in total. The molecular formula is C15H25NO. The second kappa shape index (κ2) is 8.13. The molecule has 0 radical (unpaired) electrons. The molecule has 0 saturated carbocycles. The first-order chi connectivity index (χ1) is 8.22. The van der Waals surface area contributed by atoms with Crippen LogP contribution in [0.2, 0.25) is 0 Å². The maximum Gasteiger partial charge on any atom is 0.119 e. The molecule has 0 aliphatic heterocycles. The molecule has 0 aromatic heterocycles. The van der Waals surface area contributed by atoms with E-state index in [4.69, 9.17) is 4.74 Å². The molecule has 0 spiro atoms. The van der Waals surface area contributed by atoms with E-state index in [9.17, 15) is 0 Å². The summed E-state index contributed by atoms with van der Waals surface area (Å²) >= 11 is 0.